The van der Waals surface area contributed by atoms with Gasteiger partial charge in [-0.25, -0.2) is 0 Å². The fraction of sp³-hybridized carbons (Fsp3) is 0.286. The van der Waals surface area contributed by atoms with Crippen LogP contribution in [0.4, 0.5) is 5.82 Å². The van der Waals surface area contributed by atoms with E-state index in [1.807, 2.05) is 6.07 Å². The average molecular weight is 310 g/mol. The number of amides is 1. The minimum atomic E-state index is -0.150. The molecule has 4 nitrogen and oxygen atoms in total. The molecule has 0 unspecified atom stereocenters. The van der Waals surface area contributed by atoms with Crippen molar-refractivity contribution in [3.63, 3.8) is 0 Å². The van der Waals surface area contributed by atoms with Crippen LogP contribution in [0.25, 0.3) is 0 Å². The number of carbonyl (C=O) groups is 1. The molecule has 1 saturated carbocycles. The van der Waals surface area contributed by atoms with Gasteiger partial charge in [-0.3, -0.25) is 9.89 Å². The molecule has 0 spiro atoms. The summed E-state index contributed by atoms with van der Waals surface area (Å²) < 4.78 is 0. The first kappa shape index (κ1) is 13.5. The van der Waals surface area contributed by atoms with Crippen molar-refractivity contribution in [2.24, 2.45) is 0 Å². The summed E-state index contributed by atoms with van der Waals surface area (Å²) in [6.45, 7) is 0. The van der Waals surface area contributed by atoms with Crippen molar-refractivity contribution in [2.75, 3.05) is 5.32 Å². The molecule has 0 aliphatic heterocycles. The Morgan fingerprint density at radius 2 is 2.15 bits per heavy atom. The number of nitrogens with zero attached hydrogens (tertiary/aromatic N) is 1. The van der Waals surface area contributed by atoms with Crippen LogP contribution in [-0.2, 0) is 11.2 Å². The van der Waals surface area contributed by atoms with Crippen molar-refractivity contribution < 1.29 is 4.79 Å². The predicted molar refractivity (Wildman–Crippen MR) is 79.4 cm³/mol. The first-order valence-corrected chi connectivity index (χ1v) is 7.16. The minimum absolute atomic E-state index is 0.150. The Morgan fingerprint density at radius 1 is 1.35 bits per heavy atom. The van der Waals surface area contributed by atoms with Crippen molar-refractivity contribution in [1.82, 2.24) is 10.2 Å². The van der Waals surface area contributed by atoms with Crippen LogP contribution in [0.2, 0.25) is 10.0 Å². The molecule has 2 N–H and O–H groups in total. The number of aromatic amines is 1. The van der Waals surface area contributed by atoms with E-state index in [9.17, 15) is 4.79 Å². The van der Waals surface area contributed by atoms with Crippen molar-refractivity contribution >= 4 is 34.9 Å². The van der Waals surface area contributed by atoms with Crippen LogP contribution < -0.4 is 5.32 Å². The molecule has 6 heteroatoms. The lowest BCUT2D eigenvalue weighted by molar-refractivity contribution is -0.115. The number of rotatable bonds is 4. The number of benzene rings is 1. The van der Waals surface area contributed by atoms with Gasteiger partial charge in [0.25, 0.3) is 0 Å². The van der Waals surface area contributed by atoms with Gasteiger partial charge in [0, 0.05) is 27.7 Å². The Hall–Kier alpha value is -1.52. The van der Waals surface area contributed by atoms with Gasteiger partial charge in [0.15, 0.2) is 5.82 Å². The average Bonchev–Trinajstić information content (AvgIpc) is 3.14. The fourth-order valence-electron chi connectivity index (χ4n) is 2.03. The topological polar surface area (TPSA) is 57.8 Å². The van der Waals surface area contributed by atoms with Gasteiger partial charge in [-0.15, -0.1) is 0 Å². The zero-order valence-corrected chi connectivity index (χ0v) is 12.1. The van der Waals surface area contributed by atoms with Crippen molar-refractivity contribution in [1.29, 1.82) is 0 Å². The third-order valence-corrected chi connectivity index (χ3v) is 3.84. The van der Waals surface area contributed by atoms with Crippen LogP contribution in [-0.4, -0.2) is 16.1 Å². The number of aromatic nitrogens is 2. The molecule has 1 amide bonds. The van der Waals surface area contributed by atoms with E-state index in [1.165, 1.54) is 12.8 Å². The zero-order chi connectivity index (χ0) is 14.1. The first-order valence-electron chi connectivity index (χ1n) is 6.41. The van der Waals surface area contributed by atoms with E-state index in [2.05, 4.69) is 15.5 Å². The molecular formula is C14H13Cl2N3O. The maximum absolute atomic E-state index is 12.0. The number of H-pyrrole nitrogens is 1. The molecule has 0 bridgehead atoms. The molecule has 1 fully saturated rings. The first-order chi connectivity index (χ1) is 9.61. The van der Waals surface area contributed by atoms with Gasteiger partial charge in [0.1, 0.15) is 0 Å². The molecule has 0 atom stereocenters. The van der Waals surface area contributed by atoms with E-state index < -0.39 is 0 Å². The highest BCUT2D eigenvalue weighted by molar-refractivity contribution is 6.35. The molecule has 1 heterocycles. The van der Waals surface area contributed by atoms with E-state index in [-0.39, 0.29) is 12.3 Å². The molecule has 1 aliphatic carbocycles. The van der Waals surface area contributed by atoms with Gasteiger partial charge in [-0.2, -0.15) is 5.10 Å². The highest BCUT2D eigenvalue weighted by atomic mass is 35.5. The van der Waals surface area contributed by atoms with Gasteiger partial charge in [0.05, 0.1) is 6.42 Å². The lowest BCUT2D eigenvalue weighted by Crippen LogP contribution is -2.14. The van der Waals surface area contributed by atoms with Crippen LogP contribution in [0.5, 0.6) is 0 Å². The van der Waals surface area contributed by atoms with Crippen molar-refractivity contribution in [2.45, 2.75) is 25.2 Å². The lowest BCUT2D eigenvalue weighted by atomic mass is 10.1. The second-order valence-corrected chi connectivity index (χ2v) is 5.79. The number of nitrogens with one attached hydrogen (secondary N) is 2. The Kier molecular flexibility index (Phi) is 3.68. The molecular weight excluding hydrogens is 297 g/mol. The van der Waals surface area contributed by atoms with E-state index in [1.54, 1.807) is 18.2 Å². The molecule has 104 valence electrons. The number of carbonyl (C=O) groups excluding carboxylic acids is 1. The molecule has 0 saturated heterocycles. The summed E-state index contributed by atoms with van der Waals surface area (Å²) in [6.07, 6.45) is 2.58. The standard InChI is InChI=1S/C14H13Cl2N3O/c15-10-4-3-9(11(16)6-10)5-14(20)17-13-7-12(18-19-13)8-1-2-8/h3-4,6-8H,1-2,5H2,(H2,17,18,19,20). The summed E-state index contributed by atoms with van der Waals surface area (Å²) in [6, 6.07) is 6.99. The minimum Gasteiger partial charge on any atom is -0.309 e. The molecule has 1 aliphatic rings. The summed E-state index contributed by atoms with van der Waals surface area (Å²) in [5.74, 6) is 0.990. The summed E-state index contributed by atoms with van der Waals surface area (Å²) >= 11 is 11.9. The third-order valence-electron chi connectivity index (χ3n) is 3.25. The Labute approximate surface area is 126 Å². The Balaban J connectivity index is 1.63. The molecule has 1 aromatic heterocycles. The number of hydrogen-bond donors (Lipinski definition) is 2. The molecule has 2 aromatic rings. The SMILES string of the molecule is O=C(Cc1ccc(Cl)cc1Cl)Nc1cc(C2CC2)[nH]n1. The molecule has 3 rings (SSSR count). The number of anilines is 1. The molecule has 0 radical (unpaired) electrons. The fourth-order valence-corrected chi connectivity index (χ4v) is 2.50. The predicted octanol–water partition coefficient (Wildman–Crippen LogP) is 3.78. The monoisotopic (exact) mass is 309 g/mol. The third kappa shape index (κ3) is 3.14. The van der Waals surface area contributed by atoms with Crippen LogP contribution in [0.1, 0.15) is 30.0 Å². The van der Waals surface area contributed by atoms with Gasteiger partial charge in [-0.1, -0.05) is 29.3 Å². The second kappa shape index (κ2) is 5.46. The number of halogens is 2. The Morgan fingerprint density at radius 3 is 2.85 bits per heavy atom. The second-order valence-electron chi connectivity index (χ2n) is 4.94. The van der Waals surface area contributed by atoms with Gasteiger partial charge >= 0.3 is 0 Å². The highest BCUT2D eigenvalue weighted by Gasteiger charge is 2.25. The quantitative estimate of drug-likeness (QED) is 0.903. The molecule has 20 heavy (non-hydrogen) atoms. The summed E-state index contributed by atoms with van der Waals surface area (Å²) in [7, 11) is 0. The van der Waals surface area contributed by atoms with Gasteiger partial charge < -0.3 is 5.32 Å². The number of hydrogen-bond acceptors (Lipinski definition) is 2. The van der Waals surface area contributed by atoms with Crippen LogP contribution in [0.15, 0.2) is 24.3 Å². The van der Waals surface area contributed by atoms with E-state index in [4.69, 9.17) is 23.2 Å². The zero-order valence-electron chi connectivity index (χ0n) is 10.6. The van der Waals surface area contributed by atoms with Crippen molar-refractivity contribution in [3.05, 3.63) is 45.6 Å². The largest absolute Gasteiger partial charge is 0.309 e. The summed E-state index contributed by atoms with van der Waals surface area (Å²) in [4.78, 5) is 12.0. The maximum Gasteiger partial charge on any atom is 0.230 e. The van der Waals surface area contributed by atoms with E-state index >= 15 is 0 Å². The maximum atomic E-state index is 12.0. The van der Waals surface area contributed by atoms with E-state index in [0.29, 0.717) is 21.8 Å². The normalized spacial score (nSPS) is 14.3. The van der Waals surface area contributed by atoms with Crippen LogP contribution in [0, 0.1) is 0 Å². The van der Waals surface area contributed by atoms with Gasteiger partial charge in [0.2, 0.25) is 5.91 Å². The van der Waals surface area contributed by atoms with E-state index in [0.717, 1.165) is 11.3 Å². The summed E-state index contributed by atoms with van der Waals surface area (Å²) in [5.41, 5.74) is 1.83. The molecule has 1 aromatic carbocycles. The Bertz CT molecular complexity index is 650. The smallest absolute Gasteiger partial charge is 0.230 e. The van der Waals surface area contributed by atoms with Crippen molar-refractivity contribution in [3.8, 4) is 0 Å². The highest BCUT2D eigenvalue weighted by Crippen LogP contribution is 2.39. The van der Waals surface area contributed by atoms with Gasteiger partial charge in [-0.05, 0) is 30.5 Å². The van der Waals surface area contributed by atoms with Crippen LogP contribution >= 0.6 is 23.2 Å². The lowest BCUT2D eigenvalue weighted by Gasteiger charge is -2.04. The van der Waals surface area contributed by atoms with Crippen LogP contribution in [0.3, 0.4) is 0 Å². The summed E-state index contributed by atoms with van der Waals surface area (Å²) in [5, 5.41) is 10.8.